The minimum absolute atomic E-state index is 0.245. The van der Waals surface area contributed by atoms with Crippen molar-refractivity contribution in [2.45, 2.75) is 6.54 Å². The number of amides is 1. The van der Waals surface area contributed by atoms with Gasteiger partial charge in [0.1, 0.15) is 11.5 Å². The van der Waals surface area contributed by atoms with E-state index in [0.717, 1.165) is 11.1 Å². The van der Waals surface area contributed by atoms with Gasteiger partial charge in [0.15, 0.2) is 5.11 Å². The van der Waals surface area contributed by atoms with E-state index in [2.05, 4.69) is 5.32 Å². The molecule has 0 atom stereocenters. The fourth-order valence-corrected chi connectivity index (χ4v) is 2.50. The lowest BCUT2D eigenvalue weighted by Crippen LogP contribution is -2.26. The Morgan fingerprint density at radius 1 is 1.09 bits per heavy atom. The molecule has 1 heterocycles. The number of halogens is 1. The Morgan fingerprint density at radius 2 is 1.77 bits per heavy atom. The highest BCUT2D eigenvalue weighted by Gasteiger charge is 2.29. The molecule has 22 heavy (non-hydrogen) atoms. The lowest BCUT2D eigenvalue weighted by atomic mass is 10.1. The molecular formula is C17H13FN2OS. The van der Waals surface area contributed by atoms with E-state index in [9.17, 15) is 9.18 Å². The van der Waals surface area contributed by atoms with Gasteiger partial charge in [-0.2, -0.15) is 0 Å². The molecule has 2 aromatic rings. The smallest absolute Gasteiger partial charge is 0.274 e. The molecule has 0 aliphatic carbocycles. The zero-order valence-corrected chi connectivity index (χ0v) is 12.4. The second-order valence-electron chi connectivity index (χ2n) is 4.91. The molecule has 1 saturated heterocycles. The summed E-state index contributed by atoms with van der Waals surface area (Å²) in [5.41, 5.74) is 2.25. The van der Waals surface area contributed by atoms with Crippen molar-refractivity contribution in [3.8, 4) is 0 Å². The van der Waals surface area contributed by atoms with Crippen LogP contribution in [0.4, 0.5) is 4.39 Å². The summed E-state index contributed by atoms with van der Waals surface area (Å²) in [6.45, 7) is 0.505. The highest BCUT2D eigenvalue weighted by molar-refractivity contribution is 7.80. The molecule has 3 nitrogen and oxygen atoms in total. The third-order valence-electron chi connectivity index (χ3n) is 3.35. The zero-order chi connectivity index (χ0) is 15.5. The van der Waals surface area contributed by atoms with Crippen molar-refractivity contribution < 1.29 is 9.18 Å². The number of carbonyl (C=O) groups excluding carboxylic acids is 1. The van der Waals surface area contributed by atoms with Crippen molar-refractivity contribution in [3.05, 3.63) is 77.2 Å². The minimum atomic E-state index is -0.310. The number of benzene rings is 2. The predicted octanol–water partition coefficient (Wildman–Crippen LogP) is 3.08. The van der Waals surface area contributed by atoms with Crippen LogP contribution in [0.1, 0.15) is 11.1 Å². The van der Waals surface area contributed by atoms with E-state index in [4.69, 9.17) is 12.2 Å². The molecule has 3 rings (SSSR count). The summed E-state index contributed by atoms with van der Waals surface area (Å²) in [6, 6.07) is 15.7. The van der Waals surface area contributed by atoms with Gasteiger partial charge in [-0.25, -0.2) is 4.39 Å². The molecule has 1 aliphatic rings. The summed E-state index contributed by atoms with van der Waals surface area (Å²) < 4.78 is 13.0. The van der Waals surface area contributed by atoms with Crippen molar-refractivity contribution in [1.29, 1.82) is 0 Å². The van der Waals surface area contributed by atoms with E-state index in [0.29, 0.717) is 17.4 Å². The zero-order valence-electron chi connectivity index (χ0n) is 11.6. The van der Waals surface area contributed by atoms with Crippen molar-refractivity contribution in [1.82, 2.24) is 10.2 Å². The van der Waals surface area contributed by atoms with Crippen LogP contribution in [0.15, 0.2) is 60.3 Å². The van der Waals surface area contributed by atoms with Gasteiger partial charge in [0, 0.05) is 0 Å². The summed E-state index contributed by atoms with van der Waals surface area (Å²) in [5, 5.41) is 3.02. The van der Waals surface area contributed by atoms with Crippen LogP contribution in [0, 0.1) is 5.82 Å². The standard InChI is InChI=1S/C17H13FN2OS/c18-14-8-6-12(7-9-14)10-15-16(21)19-17(22)20(15)11-13-4-2-1-3-5-13/h1-10H,11H2,(H,19,21,22)/b15-10-. The number of carbonyl (C=O) groups is 1. The number of thiocarbonyl (C=S) groups is 1. The molecule has 0 saturated carbocycles. The summed E-state index contributed by atoms with van der Waals surface area (Å²) in [5.74, 6) is -0.556. The van der Waals surface area contributed by atoms with Gasteiger partial charge in [0.2, 0.25) is 0 Å². The highest BCUT2D eigenvalue weighted by Crippen LogP contribution is 2.20. The average Bonchev–Trinajstić information content (AvgIpc) is 2.77. The van der Waals surface area contributed by atoms with E-state index >= 15 is 0 Å². The second kappa shape index (κ2) is 6.07. The predicted molar refractivity (Wildman–Crippen MR) is 87.1 cm³/mol. The van der Waals surface area contributed by atoms with E-state index < -0.39 is 0 Å². The van der Waals surface area contributed by atoms with E-state index in [1.54, 1.807) is 23.1 Å². The Bertz CT molecular complexity index is 741. The first-order chi connectivity index (χ1) is 10.6. The van der Waals surface area contributed by atoms with Gasteiger partial charge in [-0.3, -0.25) is 10.1 Å². The van der Waals surface area contributed by atoms with Crippen LogP contribution in [0.5, 0.6) is 0 Å². The number of nitrogens with one attached hydrogen (secondary N) is 1. The molecular weight excluding hydrogens is 299 g/mol. The SMILES string of the molecule is O=C1NC(=S)N(Cc2ccccc2)/C1=C\c1ccc(F)cc1. The fourth-order valence-electron chi connectivity index (χ4n) is 2.24. The van der Waals surface area contributed by atoms with E-state index in [1.807, 2.05) is 30.3 Å². The maximum absolute atomic E-state index is 13.0. The van der Waals surface area contributed by atoms with Crippen molar-refractivity contribution in [2.24, 2.45) is 0 Å². The number of rotatable bonds is 3. The molecule has 0 bridgehead atoms. The topological polar surface area (TPSA) is 32.3 Å². The molecule has 1 aliphatic heterocycles. The fraction of sp³-hybridized carbons (Fsp3) is 0.0588. The van der Waals surface area contributed by atoms with Gasteiger partial charge < -0.3 is 4.90 Å². The van der Waals surface area contributed by atoms with Crippen molar-refractivity contribution in [2.75, 3.05) is 0 Å². The Hall–Kier alpha value is -2.53. The van der Waals surface area contributed by atoms with Crippen LogP contribution < -0.4 is 5.32 Å². The molecule has 2 aromatic carbocycles. The molecule has 0 spiro atoms. The Balaban J connectivity index is 1.91. The van der Waals surface area contributed by atoms with Crippen molar-refractivity contribution >= 4 is 29.3 Å². The summed E-state index contributed by atoms with van der Waals surface area (Å²) in [7, 11) is 0. The summed E-state index contributed by atoms with van der Waals surface area (Å²) in [6.07, 6.45) is 1.71. The Morgan fingerprint density at radius 3 is 2.45 bits per heavy atom. The third kappa shape index (κ3) is 3.04. The first-order valence-electron chi connectivity index (χ1n) is 6.77. The number of nitrogens with zero attached hydrogens (tertiary/aromatic N) is 1. The molecule has 5 heteroatoms. The quantitative estimate of drug-likeness (QED) is 0.698. The van der Waals surface area contributed by atoms with Crippen LogP contribution in [0.3, 0.4) is 0 Å². The Kier molecular flexibility index (Phi) is 3.98. The first-order valence-corrected chi connectivity index (χ1v) is 7.18. The number of hydrogen-bond acceptors (Lipinski definition) is 2. The lowest BCUT2D eigenvalue weighted by molar-refractivity contribution is -0.115. The second-order valence-corrected chi connectivity index (χ2v) is 5.30. The normalized spacial score (nSPS) is 16.2. The summed E-state index contributed by atoms with van der Waals surface area (Å²) in [4.78, 5) is 13.8. The van der Waals surface area contributed by atoms with Gasteiger partial charge in [-0.15, -0.1) is 0 Å². The molecule has 1 N–H and O–H groups in total. The maximum Gasteiger partial charge on any atom is 0.274 e. The van der Waals surface area contributed by atoms with E-state index in [-0.39, 0.29) is 11.7 Å². The molecule has 0 unspecified atom stereocenters. The van der Waals surface area contributed by atoms with Gasteiger partial charge in [-0.1, -0.05) is 42.5 Å². The Labute approximate surface area is 133 Å². The third-order valence-corrected chi connectivity index (χ3v) is 3.67. The maximum atomic E-state index is 13.0. The van der Waals surface area contributed by atoms with Crippen LogP contribution in [-0.4, -0.2) is 15.9 Å². The van der Waals surface area contributed by atoms with Gasteiger partial charge in [0.05, 0.1) is 6.54 Å². The highest BCUT2D eigenvalue weighted by atomic mass is 32.1. The van der Waals surface area contributed by atoms with Crippen LogP contribution >= 0.6 is 12.2 Å². The van der Waals surface area contributed by atoms with E-state index in [1.165, 1.54) is 12.1 Å². The van der Waals surface area contributed by atoms with Gasteiger partial charge in [0.25, 0.3) is 5.91 Å². The lowest BCUT2D eigenvalue weighted by Gasteiger charge is -2.17. The van der Waals surface area contributed by atoms with Crippen molar-refractivity contribution in [3.63, 3.8) is 0 Å². The van der Waals surface area contributed by atoms with Crippen LogP contribution in [0.2, 0.25) is 0 Å². The first kappa shape index (κ1) is 14.4. The van der Waals surface area contributed by atoms with Crippen LogP contribution in [0.25, 0.3) is 6.08 Å². The van der Waals surface area contributed by atoms with Gasteiger partial charge >= 0.3 is 0 Å². The molecule has 1 fully saturated rings. The average molecular weight is 312 g/mol. The number of hydrogen-bond donors (Lipinski definition) is 1. The molecule has 0 radical (unpaired) electrons. The van der Waals surface area contributed by atoms with Gasteiger partial charge in [-0.05, 0) is 41.6 Å². The monoisotopic (exact) mass is 312 g/mol. The molecule has 1 amide bonds. The molecule has 0 aromatic heterocycles. The molecule has 110 valence electrons. The largest absolute Gasteiger partial charge is 0.309 e. The summed E-state index contributed by atoms with van der Waals surface area (Å²) >= 11 is 5.22. The van der Waals surface area contributed by atoms with Crippen LogP contribution in [-0.2, 0) is 11.3 Å². The minimum Gasteiger partial charge on any atom is -0.309 e.